The van der Waals surface area contributed by atoms with E-state index in [2.05, 4.69) is 20.9 Å². The third-order valence-corrected chi connectivity index (χ3v) is 3.15. The SMILES string of the molecule is CCOC(=O)c1cc(-c2ccccc2F)nc(Br)c1O. The molecule has 1 aromatic carbocycles. The summed E-state index contributed by atoms with van der Waals surface area (Å²) < 4.78 is 18.7. The Morgan fingerprint density at radius 1 is 1.45 bits per heavy atom. The second-order valence-corrected chi connectivity index (χ2v) is 4.65. The van der Waals surface area contributed by atoms with Crippen LogP contribution in [0.3, 0.4) is 0 Å². The molecule has 1 heterocycles. The van der Waals surface area contributed by atoms with Gasteiger partial charge in [-0.05, 0) is 41.1 Å². The number of ether oxygens (including phenoxy) is 1. The number of carbonyl (C=O) groups is 1. The molecule has 6 heteroatoms. The molecule has 2 aromatic rings. The summed E-state index contributed by atoms with van der Waals surface area (Å²) in [5.74, 6) is -1.48. The van der Waals surface area contributed by atoms with E-state index in [1.165, 1.54) is 18.2 Å². The first-order chi connectivity index (χ1) is 9.54. The molecule has 0 aliphatic carbocycles. The minimum absolute atomic E-state index is 0.0568. The number of esters is 1. The van der Waals surface area contributed by atoms with Gasteiger partial charge in [-0.15, -0.1) is 0 Å². The van der Waals surface area contributed by atoms with Gasteiger partial charge in [0.15, 0.2) is 5.75 Å². The molecule has 0 atom stereocenters. The lowest BCUT2D eigenvalue weighted by Gasteiger charge is -2.09. The molecule has 20 heavy (non-hydrogen) atoms. The first-order valence-electron chi connectivity index (χ1n) is 5.86. The predicted octanol–water partition coefficient (Wildman–Crippen LogP) is 3.53. The van der Waals surface area contributed by atoms with E-state index in [9.17, 15) is 14.3 Å². The van der Waals surface area contributed by atoms with Gasteiger partial charge in [0.1, 0.15) is 16.0 Å². The van der Waals surface area contributed by atoms with Crippen molar-refractivity contribution in [3.63, 3.8) is 0 Å². The lowest BCUT2D eigenvalue weighted by molar-refractivity contribution is 0.0522. The molecule has 0 spiro atoms. The third kappa shape index (κ3) is 2.80. The molecule has 1 aromatic heterocycles. The van der Waals surface area contributed by atoms with Crippen LogP contribution in [0.15, 0.2) is 34.9 Å². The molecule has 4 nitrogen and oxygen atoms in total. The molecule has 104 valence electrons. The monoisotopic (exact) mass is 339 g/mol. The number of carbonyl (C=O) groups excluding carboxylic acids is 1. The van der Waals surface area contributed by atoms with Gasteiger partial charge in [-0.2, -0.15) is 0 Å². The van der Waals surface area contributed by atoms with Crippen molar-refractivity contribution in [1.29, 1.82) is 0 Å². The van der Waals surface area contributed by atoms with Crippen molar-refractivity contribution in [2.75, 3.05) is 6.61 Å². The van der Waals surface area contributed by atoms with Crippen LogP contribution in [0, 0.1) is 5.82 Å². The first-order valence-corrected chi connectivity index (χ1v) is 6.65. The third-order valence-electron chi connectivity index (χ3n) is 2.60. The Bertz CT molecular complexity index is 661. The molecule has 0 bridgehead atoms. The molecule has 0 aliphatic heterocycles. The topological polar surface area (TPSA) is 59.4 Å². The fourth-order valence-electron chi connectivity index (χ4n) is 1.68. The Hall–Kier alpha value is -1.95. The van der Waals surface area contributed by atoms with Crippen LogP contribution in [0.4, 0.5) is 4.39 Å². The zero-order chi connectivity index (χ0) is 14.7. The Morgan fingerprint density at radius 2 is 2.15 bits per heavy atom. The molecule has 0 aliphatic rings. The van der Waals surface area contributed by atoms with Gasteiger partial charge in [-0.1, -0.05) is 12.1 Å². The van der Waals surface area contributed by atoms with Gasteiger partial charge in [-0.25, -0.2) is 14.2 Å². The quantitative estimate of drug-likeness (QED) is 0.686. The number of aromatic hydroxyl groups is 1. The van der Waals surface area contributed by atoms with Crippen molar-refractivity contribution < 1.29 is 19.0 Å². The van der Waals surface area contributed by atoms with Crippen LogP contribution in [0.5, 0.6) is 5.75 Å². The molecular formula is C14H11BrFNO3. The molecule has 0 fully saturated rings. The summed E-state index contributed by atoms with van der Waals surface area (Å²) in [6.45, 7) is 1.83. The van der Waals surface area contributed by atoms with E-state index in [4.69, 9.17) is 4.74 Å². The summed E-state index contributed by atoms with van der Waals surface area (Å²) in [6, 6.07) is 7.35. The van der Waals surface area contributed by atoms with E-state index in [1.807, 2.05) is 0 Å². The lowest BCUT2D eigenvalue weighted by Crippen LogP contribution is -2.06. The molecule has 0 saturated carbocycles. The fraction of sp³-hybridized carbons (Fsp3) is 0.143. The van der Waals surface area contributed by atoms with Gasteiger partial charge in [0.05, 0.1) is 12.3 Å². The summed E-state index contributed by atoms with van der Waals surface area (Å²) in [7, 11) is 0. The standard InChI is InChI=1S/C14H11BrFNO3/c1-2-20-14(19)9-7-11(17-13(15)12(9)18)8-5-3-4-6-10(8)16/h3-7,18H,2H2,1H3. The number of benzene rings is 1. The van der Waals surface area contributed by atoms with Crippen LogP contribution in [0.1, 0.15) is 17.3 Å². The second-order valence-electron chi connectivity index (χ2n) is 3.89. The summed E-state index contributed by atoms with van der Waals surface area (Å²) in [6.07, 6.45) is 0. The van der Waals surface area contributed by atoms with Gasteiger partial charge in [0.25, 0.3) is 0 Å². The van der Waals surface area contributed by atoms with Gasteiger partial charge in [0, 0.05) is 5.56 Å². The summed E-state index contributed by atoms with van der Waals surface area (Å²) >= 11 is 3.05. The summed E-state index contributed by atoms with van der Waals surface area (Å²) in [5, 5.41) is 9.83. The van der Waals surface area contributed by atoms with E-state index >= 15 is 0 Å². The van der Waals surface area contributed by atoms with Crippen molar-refractivity contribution in [1.82, 2.24) is 4.98 Å². The fourth-order valence-corrected chi connectivity index (χ4v) is 2.08. The summed E-state index contributed by atoms with van der Waals surface area (Å²) in [4.78, 5) is 15.8. The minimum Gasteiger partial charge on any atom is -0.504 e. The molecular weight excluding hydrogens is 329 g/mol. The van der Waals surface area contributed by atoms with Crippen molar-refractivity contribution in [3.8, 4) is 17.0 Å². The normalized spacial score (nSPS) is 10.3. The van der Waals surface area contributed by atoms with Gasteiger partial charge in [0.2, 0.25) is 0 Å². The molecule has 0 saturated heterocycles. The maximum atomic E-state index is 13.8. The maximum Gasteiger partial charge on any atom is 0.342 e. The average molecular weight is 340 g/mol. The molecule has 0 amide bonds. The molecule has 1 N–H and O–H groups in total. The zero-order valence-corrected chi connectivity index (χ0v) is 12.1. The average Bonchev–Trinajstić information content (AvgIpc) is 2.42. The predicted molar refractivity (Wildman–Crippen MR) is 75.0 cm³/mol. The number of nitrogens with zero attached hydrogens (tertiary/aromatic N) is 1. The van der Waals surface area contributed by atoms with Crippen LogP contribution < -0.4 is 0 Å². The Labute approximate surface area is 123 Å². The molecule has 0 radical (unpaired) electrons. The second kappa shape index (κ2) is 6.00. The van der Waals surface area contributed by atoms with Crippen molar-refractivity contribution in [2.24, 2.45) is 0 Å². The molecule has 2 rings (SSSR count). The van der Waals surface area contributed by atoms with Crippen LogP contribution in [0.25, 0.3) is 11.3 Å². The number of hydrogen-bond donors (Lipinski definition) is 1. The van der Waals surface area contributed by atoms with Crippen molar-refractivity contribution >= 4 is 21.9 Å². The smallest absolute Gasteiger partial charge is 0.342 e. The highest BCUT2D eigenvalue weighted by atomic mass is 79.9. The van der Waals surface area contributed by atoms with Crippen molar-refractivity contribution in [2.45, 2.75) is 6.92 Å². The van der Waals surface area contributed by atoms with E-state index in [-0.39, 0.29) is 33.8 Å². The van der Waals surface area contributed by atoms with Gasteiger partial charge >= 0.3 is 5.97 Å². The Kier molecular flexibility index (Phi) is 4.34. The number of aromatic nitrogens is 1. The Morgan fingerprint density at radius 3 is 2.80 bits per heavy atom. The summed E-state index contributed by atoms with van der Waals surface area (Å²) in [5.41, 5.74) is 0.404. The van der Waals surface area contributed by atoms with Crippen LogP contribution >= 0.6 is 15.9 Å². The van der Waals surface area contributed by atoms with Crippen LogP contribution in [-0.2, 0) is 4.74 Å². The van der Waals surface area contributed by atoms with Gasteiger partial charge in [-0.3, -0.25) is 0 Å². The number of pyridine rings is 1. The van der Waals surface area contributed by atoms with E-state index < -0.39 is 11.8 Å². The number of rotatable bonds is 3. The Balaban J connectivity index is 2.57. The maximum absolute atomic E-state index is 13.8. The zero-order valence-electron chi connectivity index (χ0n) is 10.6. The van der Waals surface area contributed by atoms with Crippen LogP contribution in [-0.4, -0.2) is 22.7 Å². The van der Waals surface area contributed by atoms with Gasteiger partial charge < -0.3 is 9.84 Å². The highest BCUT2D eigenvalue weighted by Gasteiger charge is 2.19. The van der Waals surface area contributed by atoms with E-state index in [0.717, 1.165) is 0 Å². The van der Waals surface area contributed by atoms with Crippen LogP contribution in [0.2, 0.25) is 0 Å². The van der Waals surface area contributed by atoms with E-state index in [0.29, 0.717) is 0 Å². The van der Waals surface area contributed by atoms with Crippen molar-refractivity contribution in [3.05, 3.63) is 46.3 Å². The number of halogens is 2. The molecule has 0 unspecified atom stereocenters. The largest absolute Gasteiger partial charge is 0.504 e. The minimum atomic E-state index is -0.689. The first kappa shape index (κ1) is 14.5. The van der Waals surface area contributed by atoms with E-state index in [1.54, 1.807) is 19.1 Å². The number of hydrogen-bond acceptors (Lipinski definition) is 4. The lowest BCUT2D eigenvalue weighted by atomic mass is 10.1. The highest BCUT2D eigenvalue weighted by molar-refractivity contribution is 9.10. The highest BCUT2D eigenvalue weighted by Crippen LogP contribution is 2.32.